The second-order valence-corrected chi connectivity index (χ2v) is 4.08. The number of nitrogens with one attached hydrogen (secondary N) is 2. The van der Waals surface area contributed by atoms with Gasteiger partial charge in [-0.05, 0) is 26.4 Å². The summed E-state index contributed by atoms with van der Waals surface area (Å²) in [6, 6.07) is 2.49. The molecular formula is C11H20N4O. The Morgan fingerprint density at radius 2 is 2.44 bits per heavy atom. The molecule has 90 valence electrons. The highest BCUT2D eigenvalue weighted by molar-refractivity contribution is 5.78. The fourth-order valence-electron chi connectivity index (χ4n) is 2.07. The van der Waals surface area contributed by atoms with Crippen LogP contribution >= 0.6 is 0 Å². The lowest BCUT2D eigenvalue weighted by molar-refractivity contribution is -0.122. The minimum absolute atomic E-state index is 0.0262. The summed E-state index contributed by atoms with van der Waals surface area (Å²) in [7, 11) is 1.93. The van der Waals surface area contributed by atoms with Gasteiger partial charge in [0.25, 0.3) is 0 Å². The molecular weight excluding hydrogens is 204 g/mol. The van der Waals surface area contributed by atoms with Crippen LogP contribution in [0.15, 0.2) is 0 Å². The molecule has 0 radical (unpaired) electrons. The summed E-state index contributed by atoms with van der Waals surface area (Å²) in [4.78, 5) is 13.7. The molecule has 0 aliphatic carbocycles. The molecule has 0 aromatic heterocycles. The van der Waals surface area contributed by atoms with Crippen molar-refractivity contribution in [3.8, 4) is 6.07 Å². The Balaban J connectivity index is 2.24. The lowest BCUT2D eigenvalue weighted by Gasteiger charge is -2.23. The Hall–Kier alpha value is -1.12. The van der Waals surface area contributed by atoms with E-state index in [0.29, 0.717) is 25.6 Å². The van der Waals surface area contributed by atoms with Crippen LogP contribution in [0, 0.1) is 11.3 Å². The van der Waals surface area contributed by atoms with E-state index in [2.05, 4.69) is 15.5 Å². The van der Waals surface area contributed by atoms with E-state index >= 15 is 0 Å². The van der Waals surface area contributed by atoms with Gasteiger partial charge in [-0.2, -0.15) is 5.26 Å². The molecule has 0 aromatic rings. The molecule has 1 heterocycles. The van der Waals surface area contributed by atoms with Crippen LogP contribution in [0.25, 0.3) is 0 Å². The Bertz CT molecular complexity index is 261. The van der Waals surface area contributed by atoms with Gasteiger partial charge in [0.2, 0.25) is 5.91 Å². The van der Waals surface area contributed by atoms with Crippen LogP contribution in [0.5, 0.6) is 0 Å². The molecule has 2 N–H and O–H groups in total. The van der Waals surface area contributed by atoms with E-state index in [-0.39, 0.29) is 5.91 Å². The van der Waals surface area contributed by atoms with Crippen molar-refractivity contribution < 1.29 is 4.79 Å². The first-order chi connectivity index (χ1) is 7.77. The average Bonchev–Trinajstić information content (AvgIpc) is 2.67. The molecule has 0 spiro atoms. The van der Waals surface area contributed by atoms with Gasteiger partial charge in [0.05, 0.1) is 19.0 Å². The average molecular weight is 224 g/mol. The smallest absolute Gasteiger partial charge is 0.234 e. The molecule has 1 aliphatic heterocycles. The predicted octanol–water partition coefficient (Wildman–Crippen LogP) is -0.300. The largest absolute Gasteiger partial charge is 0.354 e. The highest BCUT2D eigenvalue weighted by Crippen LogP contribution is 2.15. The van der Waals surface area contributed by atoms with Gasteiger partial charge < -0.3 is 10.6 Å². The standard InChI is InChI=1S/C11H20N4O/c1-13-8-10-4-2-7-15(10)9-11(16)14-6-3-5-12/h10,13H,2-4,6-9H2,1H3,(H,14,16). The van der Waals surface area contributed by atoms with Gasteiger partial charge in [-0.15, -0.1) is 0 Å². The quantitative estimate of drug-likeness (QED) is 0.608. The number of nitrogens with zero attached hydrogens (tertiary/aromatic N) is 2. The molecule has 1 unspecified atom stereocenters. The van der Waals surface area contributed by atoms with E-state index < -0.39 is 0 Å². The first-order valence-electron chi connectivity index (χ1n) is 5.80. The van der Waals surface area contributed by atoms with Crippen LogP contribution in [0.3, 0.4) is 0 Å². The van der Waals surface area contributed by atoms with Crippen LogP contribution < -0.4 is 10.6 Å². The maximum Gasteiger partial charge on any atom is 0.234 e. The fraction of sp³-hybridized carbons (Fsp3) is 0.818. The summed E-state index contributed by atoms with van der Waals surface area (Å²) in [5.74, 6) is 0.0262. The molecule has 1 fully saturated rings. The van der Waals surface area contributed by atoms with E-state index in [1.54, 1.807) is 0 Å². The first-order valence-corrected chi connectivity index (χ1v) is 5.80. The number of rotatable bonds is 6. The molecule has 0 aromatic carbocycles. The molecule has 0 saturated carbocycles. The van der Waals surface area contributed by atoms with Gasteiger partial charge in [0, 0.05) is 19.1 Å². The Labute approximate surface area is 96.8 Å². The lowest BCUT2D eigenvalue weighted by Crippen LogP contribution is -2.43. The number of likely N-dealkylation sites (tertiary alicyclic amines) is 1. The fourth-order valence-corrected chi connectivity index (χ4v) is 2.07. The minimum atomic E-state index is 0.0262. The van der Waals surface area contributed by atoms with Crippen molar-refractivity contribution in [1.82, 2.24) is 15.5 Å². The van der Waals surface area contributed by atoms with E-state index in [4.69, 9.17) is 5.26 Å². The van der Waals surface area contributed by atoms with E-state index in [9.17, 15) is 4.79 Å². The normalized spacial score (nSPS) is 20.6. The number of amides is 1. The molecule has 1 rings (SSSR count). The van der Waals surface area contributed by atoms with Crippen LogP contribution in [0.2, 0.25) is 0 Å². The monoisotopic (exact) mass is 224 g/mol. The van der Waals surface area contributed by atoms with Gasteiger partial charge in [-0.25, -0.2) is 0 Å². The van der Waals surface area contributed by atoms with Crippen LogP contribution in [-0.2, 0) is 4.79 Å². The number of likely N-dealkylation sites (N-methyl/N-ethyl adjacent to an activating group) is 1. The third-order valence-corrected chi connectivity index (χ3v) is 2.84. The molecule has 1 amide bonds. The molecule has 1 saturated heterocycles. The third-order valence-electron chi connectivity index (χ3n) is 2.84. The van der Waals surface area contributed by atoms with Crippen LogP contribution in [-0.4, -0.2) is 50.1 Å². The molecule has 5 nitrogen and oxygen atoms in total. The summed E-state index contributed by atoms with van der Waals surface area (Å²) in [5, 5.41) is 14.3. The van der Waals surface area contributed by atoms with Crippen molar-refractivity contribution >= 4 is 5.91 Å². The second kappa shape index (κ2) is 7.20. The van der Waals surface area contributed by atoms with E-state index in [1.807, 2.05) is 13.1 Å². The summed E-state index contributed by atoms with van der Waals surface area (Å²) >= 11 is 0. The zero-order valence-electron chi connectivity index (χ0n) is 9.83. The number of hydrogen-bond acceptors (Lipinski definition) is 4. The third kappa shape index (κ3) is 4.17. The molecule has 1 atom stereocenters. The zero-order chi connectivity index (χ0) is 11.8. The van der Waals surface area contributed by atoms with Crippen molar-refractivity contribution in [3.05, 3.63) is 0 Å². The minimum Gasteiger partial charge on any atom is -0.354 e. The van der Waals surface area contributed by atoms with Gasteiger partial charge in [-0.1, -0.05) is 0 Å². The number of carbonyl (C=O) groups excluding carboxylic acids is 1. The Kier molecular flexibility index (Phi) is 5.83. The molecule has 0 bridgehead atoms. The van der Waals surface area contributed by atoms with Crippen molar-refractivity contribution in [2.75, 3.05) is 33.2 Å². The van der Waals surface area contributed by atoms with Crippen LogP contribution in [0.1, 0.15) is 19.3 Å². The van der Waals surface area contributed by atoms with Gasteiger partial charge in [0.15, 0.2) is 0 Å². The maximum atomic E-state index is 11.5. The van der Waals surface area contributed by atoms with Crippen molar-refractivity contribution in [2.45, 2.75) is 25.3 Å². The first kappa shape index (κ1) is 12.9. The lowest BCUT2D eigenvalue weighted by atomic mass is 10.2. The summed E-state index contributed by atoms with van der Waals surface area (Å²) in [5.41, 5.74) is 0. The van der Waals surface area contributed by atoms with Gasteiger partial charge in [-0.3, -0.25) is 9.69 Å². The molecule has 1 aliphatic rings. The SMILES string of the molecule is CNCC1CCCN1CC(=O)NCCC#N. The topological polar surface area (TPSA) is 68.2 Å². The van der Waals surface area contributed by atoms with Crippen molar-refractivity contribution in [2.24, 2.45) is 0 Å². The summed E-state index contributed by atoms with van der Waals surface area (Å²) in [6.45, 7) is 2.85. The molecule has 5 heteroatoms. The van der Waals surface area contributed by atoms with Crippen LogP contribution in [0.4, 0.5) is 0 Å². The van der Waals surface area contributed by atoms with Crippen molar-refractivity contribution in [3.63, 3.8) is 0 Å². The Morgan fingerprint density at radius 3 is 3.12 bits per heavy atom. The number of nitriles is 1. The summed E-state index contributed by atoms with van der Waals surface area (Å²) < 4.78 is 0. The van der Waals surface area contributed by atoms with Crippen molar-refractivity contribution in [1.29, 1.82) is 5.26 Å². The zero-order valence-corrected chi connectivity index (χ0v) is 9.83. The number of hydrogen-bond donors (Lipinski definition) is 2. The van der Waals surface area contributed by atoms with Gasteiger partial charge in [0.1, 0.15) is 0 Å². The molecule has 16 heavy (non-hydrogen) atoms. The predicted molar refractivity (Wildman–Crippen MR) is 61.8 cm³/mol. The second-order valence-electron chi connectivity index (χ2n) is 4.08. The van der Waals surface area contributed by atoms with Gasteiger partial charge >= 0.3 is 0 Å². The number of carbonyl (C=O) groups is 1. The Morgan fingerprint density at radius 1 is 1.62 bits per heavy atom. The van der Waals surface area contributed by atoms with E-state index in [1.165, 1.54) is 0 Å². The summed E-state index contributed by atoms with van der Waals surface area (Å²) in [6.07, 6.45) is 2.70. The highest BCUT2D eigenvalue weighted by Gasteiger charge is 2.25. The maximum absolute atomic E-state index is 11.5. The highest BCUT2D eigenvalue weighted by atomic mass is 16.2. The van der Waals surface area contributed by atoms with E-state index in [0.717, 1.165) is 25.9 Å².